The molecule has 0 bridgehead atoms. The lowest BCUT2D eigenvalue weighted by molar-refractivity contribution is -0.124. The van der Waals surface area contributed by atoms with Crippen LogP contribution in [0.4, 0.5) is 0 Å². The topological polar surface area (TPSA) is 38.3 Å². The third kappa shape index (κ3) is 14.3. The number of rotatable bonds is 6. The second-order valence-electron chi connectivity index (χ2n) is 2.49. The summed E-state index contributed by atoms with van der Waals surface area (Å²) < 4.78 is 4.65. The Hall–Kier alpha value is -0.570. The van der Waals surface area contributed by atoms with E-state index in [0.717, 1.165) is 13.0 Å². The summed E-state index contributed by atoms with van der Waals surface area (Å²) >= 11 is 0. The van der Waals surface area contributed by atoms with Crippen LogP contribution >= 0.6 is 0 Å². The highest BCUT2D eigenvalue weighted by molar-refractivity contribution is 5.77. The molecular formula is C10H23NO2. The summed E-state index contributed by atoms with van der Waals surface area (Å²) in [6.07, 6.45) is 3.42. The van der Waals surface area contributed by atoms with Crippen molar-refractivity contribution in [2.75, 3.05) is 20.3 Å². The highest BCUT2D eigenvalue weighted by atomic mass is 16.5. The molecule has 0 unspecified atom stereocenters. The largest absolute Gasteiger partial charge is 0.375 e. The summed E-state index contributed by atoms with van der Waals surface area (Å²) in [5.41, 5.74) is 0. The van der Waals surface area contributed by atoms with Gasteiger partial charge in [0.05, 0.1) is 0 Å². The molecular weight excluding hydrogens is 166 g/mol. The first-order valence-electron chi connectivity index (χ1n) is 5.07. The molecule has 0 heterocycles. The van der Waals surface area contributed by atoms with Crippen LogP contribution in [0.15, 0.2) is 0 Å². The average Bonchev–Trinajstić information content (AvgIpc) is 2.16. The molecule has 0 saturated carbocycles. The van der Waals surface area contributed by atoms with Gasteiger partial charge in [0.25, 0.3) is 0 Å². The van der Waals surface area contributed by atoms with Gasteiger partial charge in [0.2, 0.25) is 5.91 Å². The summed E-state index contributed by atoms with van der Waals surface area (Å²) in [6.45, 7) is 7.08. The van der Waals surface area contributed by atoms with Crippen LogP contribution in [0.1, 0.15) is 40.0 Å². The maximum atomic E-state index is 10.8. The van der Waals surface area contributed by atoms with Crippen LogP contribution < -0.4 is 5.32 Å². The molecule has 3 heteroatoms. The quantitative estimate of drug-likeness (QED) is 0.649. The predicted octanol–water partition coefficient (Wildman–Crippen LogP) is 1.97. The maximum Gasteiger partial charge on any atom is 0.245 e. The molecule has 1 amide bonds. The normalized spacial score (nSPS) is 8.62. The van der Waals surface area contributed by atoms with Crippen molar-refractivity contribution in [1.82, 2.24) is 5.32 Å². The first-order chi connectivity index (χ1) is 6.31. The molecule has 0 aliphatic rings. The summed E-state index contributed by atoms with van der Waals surface area (Å²) in [6, 6.07) is 0. The van der Waals surface area contributed by atoms with E-state index in [0.29, 0.717) is 0 Å². The van der Waals surface area contributed by atoms with Gasteiger partial charge in [-0.1, -0.05) is 33.6 Å². The molecule has 1 N–H and O–H groups in total. The Balaban J connectivity index is 0. The van der Waals surface area contributed by atoms with Gasteiger partial charge in [0.1, 0.15) is 6.61 Å². The van der Waals surface area contributed by atoms with E-state index in [2.05, 4.69) is 17.0 Å². The van der Waals surface area contributed by atoms with Crippen molar-refractivity contribution >= 4 is 5.91 Å². The minimum Gasteiger partial charge on any atom is -0.375 e. The fraction of sp³-hybridized carbons (Fsp3) is 0.900. The van der Waals surface area contributed by atoms with Crippen LogP contribution in [0, 0.1) is 0 Å². The number of carbonyl (C=O) groups is 1. The summed E-state index contributed by atoms with van der Waals surface area (Å²) in [7, 11) is 1.52. The monoisotopic (exact) mass is 189 g/mol. The van der Waals surface area contributed by atoms with Gasteiger partial charge < -0.3 is 10.1 Å². The lowest BCUT2D eigenvalue weighted by Gasteiger charge is -2.02. The molecule has 0 spiro atoms. The standard InChI is InChI=1S/C8H17NO2.C2H6/c1-3-4-5-6-9-8(10)7-11-2;1-2/h3-7H2,1-2H3,(H,9,10);1-2H3. The van der Waals surface area contributed by atoms with E-state index in [1.807, 2.05) is 13.8 Å². The third-order valence-electron chi connectivity index (χ3n) is 1.38. The zero-order valence-electron chi connectivity index (χ0n) is 9.35. The van der Waals surface area contributed by atoms with Gasteiger partial charge >= 0.3 is 0 Å². The van der Waals surface area contributed by atoms with Crippen molar-refractivity contribution in [2.45, 2.75) is 40.0 Å². The van der Waals surface area contributed by atoms with Gasteiger partial charge in [-0.2, -0.15) is 0 Å². The summed E-state index contributed by atoms with van der Waals surface area (Å²) in [5.74, 6) is -0.0244. The lowest BCUT2D eigenvalue weighted by Crippen LogP contribution is -2.27. The van der Waals surface area contributed by atoms with Crippen molar-refractivity contribution in [2.24, 2.45) is 0 Å². The molecule has 0 fully saturated rings. The number of ether oxygens (including phenoxy) is 1. The Kier molecular flexibility index (Phi) is 16.1. The number of methoxy groups -OCH3 is 1. The molecule has 80 valence electrons. The van der Waals surface area contributed by atoms with Crippen molar-refractivity contribution in [3.63, 3.8) is 0 Å². The number of hydrogen-bond acceptors (Lipinski definition) is 2. The molecule has 13 heavy (non-hydrogen) atoms. The van der Waals surface area contributed by atoms with Crippen LogP contribution in [-0.2, 0) is 9.53 Å². The van der Waals surface area contributed by atoms with E-state index in [-0.39, 0.29) is 12.5 Å². The zero-order valence-corrected chi connectivity index (χ0v) is 9.35. The first kappa shape index (κ1) is 14.9. The van der Waals surface area contributed by atoms with Gasteiger partial charge in [0, 0.05) is 13.7 Å². The Morgan fingerprint density at radius 1 is 1.31 bits per heavy atom. The Morgan fingerprint density at radius 3 is 2.38 bits per heavy atom. The van der Waals surface area contributed by atoms with Crippen LogP contribution in [0.5, 0.6) is 0 Å². The molecule has 0 radical (unpaired) electrons. The summed E-state index contributed by atoms with van der Waals surface area (Å²) in [5, 5.41) is 2.75. The minimum atomic E-state index is -0.0244. The van der Waals surface area contributed by atoms with E-state index in [4.69, 9.17) is 0 Å². The van der Waals surface area contributed by atoms with Crippen molar-refractivity contribution in [3.05, 3.63) is 0 Å². The fourth-order valence-electron chi connectivity index (χ4n) is 0.785. The van der Waals surface area contributed by atoms with Gasteiger partial charge in [-0.3, -0.25) is 4.79 Å². The fourth-order valence-corrected chi connectivity index (χ4v) is 0.785. The van der Waals surface area contributed by atoms with Crippen LogP contribution in [0.25, 0.3) is 0 Å². The molecule has 0 aromatic carbocycles. The van der Waals surface area contributed by atoms with E-state index < -0.39 is 0 Å². The van der Waals surface area contributed by atoms with Gasteiger partial charge in [-0.05, 0) is 6.42 Å². The van der Waals surface area contributed by atoms with Crippen LogP contribution in [0.2, 0.25) is 0 Å². The highest BCUT2D eigenvalue weighted by Crippen LogP contribution is 1.90. The second kappa shape index (κ2) is 14.0. The Bertz CT molecular complexity index is 105. The summed E-state index contributed by atoms with van der Waals surface area (Å²) in [4.78, 5) is 10.8. The number of hydrogen-bond donors (Lipinski definition) is 1. The van der Waals surface area contributed by atoms with Crippen molar-refractivity contribution < 1.29 is 9.53 Å². The third-order valence-corrected chi connectivity index (χ3v) is 1.38. The molecule has 0 aromatic rings. The van der Waals surface area contributed by atoms with Gasteiger partial charge in [-0.15, -0.1) is 0 Å². The maximum absolute atomic E-state index is 10.8. The van der Waals surface area contributed by atoms with Crippen LogP contribution in [-0.4, -0.2) is 26.2 Å². The lowest BCUT2D eigenvalue weighted by atomic mass is 10.2. The van der Waals surface area contributed by atoms with Gasteiger partial charge in [-0.25, -0.2) is 0 Å². The smallest absolute Gasteiger partial charge is 0.245 e. The molecule has 0 rings (SSSR count). The molecule has 0 aliphatic carbocycles. The Labute approximate surface area is 81.9 Å². The van der Waals surface area contributed by atoms with E-state index in [9.17, 15) is 4.79 Å². The molecule has 0 saturated heterocycles. The van der Waals surface area contributed by atoms with Crippen LogP contribution in [0.3, 0.4) is 0 Å². The molecule has 0 atom stereocenters. The second-order valence-corrected chi connectivity index (χ2v) is 2.49. The highest BCUT2D eigenvalue weighted by Gasteiger charge is 1.96. The number of amides is 1. The zero-order chi connectivity index (χ0) is 10.5. The van der Waals surface area contributed by atoms with Crippen molar-refractivity contribution in [1.29, 1.82) is 0 Å². The molecule has 3 nitrogen and oxygen atoms in total. The minimum absolute atomic E-state index is 0.0244. The SMILES string of the molecule is CC.CCCCCNC(=O)COC. The van der Waals surface area contributed by atoms with E-state index in [1.54, 1.807) is 0 Å². The van der Waals surface area contributed by atoms with E-state index >= 15 is 0 Å². The van der Waals surface area contributed by atoms with Gasteiger partial charge in [0.15, 0.2) is 0 Å². The number of unbranched alkanes of at least 4 members (excludes halogenated alkanes) is 2. The average molecular weight is 189 g/mol. The Morgan fingerprint density at radius 2 is 1.92 bits per heavy atom. The number of carbonyl (C=O) groups excluding carboxylic acids is 1. The number of nitrogens with one attached hydrogen (secondary N) is 1. The molecule has 0 aliphatic heterocycles. The predicted molar refractivity (Wildman–Crippen MR) is 55.8 cm³/mol. The molecule has 0 aromatic heterocycles. The van der Waals surface area contributed by atoms with Crippen molar-refractivity contribution in [3.8, 4) is 0 Å². The first-order valence-corrected chi connectivity index (χ1v) is 5.07. The van der Waals surface area contributed by atoms with E-state index in [1.165, 1.54) is 20.0 Å².